The van der Waals surface area contributed by atoms with Crippen molar-refractivity contribution < 1.29 is 34.1 Å². The molecule has 0 aromatic heterocycles. The van der Waals surface area contributed by atoms with Crippen LogP contribution < -0.4 is 14.8 Å². The quantitative estimate of drug-likeness (QED) is 0.114. The Morgan fingerprint density at radius 2 is 1.91 bits per heavy atom. The lowest BCUT2D eigenvalue weighted by atomic mass is 9.87. The molecule has 1 aliphatic carbocycles. The Morgan fingerprint density at radius 1 is 1.16 bits per heavy atom. The molecule has 0 saturated heterocycles. The van der Waals surface area contributed by atoms with E-state index in [9.17, 15) is 24.6 Å². The Kier molecular flexibility index (Phi) is 14.7. The Hall–Kier alpha value is -2.38. The average Bonchev–Trinajstić information content (AvgIpc) is 3.01. The van der Waals surface area contributed by atoms with Gasteiger partial charge in [0.1, 0.15) is 18.5 Å². The van der Waals surface area contributed by atoms with Crippen LogP contribution in [0.25, 0.3) is 0 Å². The molecule has 3 atom stereocenters. The highest BCUT2D eigenvalue weighted by Gasteiger charge is 2.41. The molecule has 0 fully saturated rings. The Labute approximate surface area is 282 Å². The van der Waals surface area contributed by atoms with Crippen LogP contribution in [0.4, 0.5) is 0 Å². The van der Waals surface area contributed by atoms with Crippen LogP contribution in [0.3, 0.4) is 0 Å². The van der Waals surface area contributed by atoms with Gasteiger partial charge in [-0.15, -0.1) is 0 Å². The van der Waals surface area contributed by atoms with E-state index in [1.54, 1.807) is 29.2 Å². The average molecular weight is 761 g/mol. The molecule has 0 bridgehead atoms. The third kappa shape index (κ3) is 9.81. The Bertz CT molecular complexity index is 1340. The second-order valence-corrected chi connectivity index (χ2v) is 12.6. The fourth-order valence-electron chi connectivity index (χ4n) is 5.09. The van der Waals surface area contributed by atoms with Crippen LogP contribution in [0.1, 0.15) is 67.8 Å². The molecule has 44 heavy (non-hydrogen) atoms. The van der Waals surface area contributed by atoms with E-state index < -0.39 is 24.2 Å². The number of carbonyl (C=O) groups excluding carboxylic acids is 3. The van der Waals surface area contributed by atoms with Crippen LogP contribution in [0.15, 0.2) is 42.0 Å². The summed E-state index contributed by atoms with van der Waals surface area (Å²) in [5.74, 6) is -0.0703. The molecular weight excluding hydrogens is 722 g/mol. The first-order valence-electron chi connectivity index (χ1n) is 14.6. The van der Waals surface area contributed by atoms with Crippen molar-refractivity contribution >= 4 is 63.9 Å². The zero-order valence-corrected chi connectivity index (χ0v) is 28.5. The summed E-state index contributed by atoms with van der Waals surface area (Å²) in [5.41, 5.74) is 1.32. The topological polar surface area (TPSA) is 125 Å². The number of hydrogen-bond donors (Lipinski definition) is 3. The van der Waals surface area contributed by atoms with Gasteiger partial charge in [0.2, 0.25) is 11.8 Å². The first kappa shape index (κ1) is 36.1. The second-order valence-electron chi connectivity index (χ2n) is 10.6. The van der Waals surface area contributed by atoms with E-state index in [0.717, 1.165) is 25.7 Å². The minimum atomic E-state index is -1.24. The molecule has 3 rings (SSSR count). The zero-order valence-electron chi connectivity index (χ0n) is 24.9. The molecule has 240 valence electrons. The van der Waals surface area contributed by atoms with Crippen LogP contribution in [-0.2, 0) is 16.1 Å². The minimum absolute atomic E-state index is 0.0363. The van der Waals surface area contributed by atoms with Gasteiger partial charge < -0.3 is 29.9 Å². The van der Waals surface area contributed by atoms with Gasteiger partial charge in [0.05, 0.1) is 23.3 Å². The molecule has 0 radical (unpaired) electrons. The number of halogens is 3. The van der Waals surface area contributed by atoms with Gasteiger partial charge in [-0.3, -0.25) is 14.4 Å². The van der Waals surface area contributed by atoms with Gasteiger partial charge in [0.15, 0.2) is 11.5 Å². The summed E-state index contributed by atoms with van der Waals surface area (Å²) in [6, 6.07) is 7.31. The summed E-state index contributed by atoms with van der Waals surface area (Å²) in [6.45, 7) is 2.00. The summed E-state index contributed by atoms with van der Waals surface area (Å²) in [7, 11) is 1.44. The highest BCUT2D eigenvalue weighted by molar-refractivity contribution is 14.1. The predicted octanol–water partition coefficient (Wildman–Crippen LogP) is 5.72. The molecule has 3 N–H and O–H groups in total. The summed E-state index contributed by atoms with van der Waals surface area (Å²) < 4.78 is 12.3. The number of unbranched alkanes of at least 4 members (excludes halogenated alkanes) is 4. The van der Waals surface area contributed by atoms with Gasteiger partial charge in [-0.05, 0) is 64.9 Å². The van der Waals surface area contributed by atoms with Crippen LogP contribution in [0.5, 0.6) is 11.5 Å². The molecule has 12 heteroatoms. The number of rotatable bonds is 16. The van der Waals surface area contributed by atoms with Gasteiger partial charge in [0.25, 0.3) is 0 Å². The van der Waals surface area contributed by atoms with Crippen molar-refractivity contribution in [2.75, 3.05) is 20.3 Å². The number of carbonyl (C=O) groups is 3. The Morgan fingerprint density at radius 3 is 2.57 bits per heavy atom. The van der Waals surface area contributed by atoms with Crippen LogP contribution in [-0.4, -0.2) is 71.7 Å². The molecule has 0 spiro atoms. The summed E-state index contributed by atoms with van der Waals surface area (Å²) >= 11 is 14.6. The molecule has 9 nitrogen and oxygen atoms in total. The fourth-order valence-corrected chi connectivity index (χ4v) is 6.31. The predicted molar refractivity (Wildman–Crippen MR) is 178 cm³/mol. The van der Waals surface area contributed by atoms with E-state index in [0.29, 0.717) is 43.0 Å². The lowest BCUT2D eigenvalue weighted by molar-refractivity contribution is -0.139. The van der Waals surface area contributed by atoms with Crippen molar-refractivity contribution in [3.63, 3.8) is 0 Å². The summed E-state index contributed by atoms with van der Waals surface area (Å²) in [6.07, 6.45) is 5.00. The van der Waals surface area contributed by atoms with Crippen LogP contribution in [0, 0.1) is 3.57 Å². The number of hydrogen-bond acceptors (Lipinski definition) is 7. The van der Waals surface area contributed by atoms with Crippen molar-refractivity contribution in [1.82, 2.24) is 10.2 Å². The third-order valence-corrected chi connectivity index (χ3v) is 8.82. The largest absolute Gasteiger partial charge is 0.493 e. The van der Waals surface area contributed by atoms with Crippen LogP contribution >= 0.6 is 45.8 Å². The first-order valence-corrected chi connectivity index (χ1v) is 16.5. The highest BCUT2D eigenvalue weighted by atomic mass is 127. The Balaban J connectivity index is 2.02. The van der Waals surface area contributed by atoms with Crippen molar-refractivity contribution in [3.05, 3.63) is 66.7 Å². The molecule has 1 aliphatic rings. The van der Waals surface area contributed by atoms with Gasteiger partial charge in [-0.1, -0.05) is 61.9 Å². The normalized spacial score (nSPS) is 17.9. The number of aldehydes is 1. The van der Waals surface area contributed by atoms with Crippen molar-refractivity contribution in [2.45, 2.75) is 76.7 Å². The van der Waals surface area contributed by atoms with E-state index in [1.165, 1.54) is 19.3 Å². The third-order valence-electron chi connectivity index (χ3n) is 7.43. The number of nitrogens with zero attached hydrogens (tertiary/aromatic N) is 1. The lowest BCUT2D eigenvalue weighted by Gasteiger charge is -2.41. The van der Waals surface area contributed by atoms with Gasteiger partial charge >= 0.3 is 0 Å². The summed E-state index contributed by atoms with van der Waals surface area (Å²) in [4.78, 5) is 40.0. The minimum Gasteiger partial charge on any atom is -0.493 e. The maximum atomic E-state index is 13.8. The van der Waals surface area contributed by atoms with E-state index >= 15 is 0 Å². The van der Waals surface area contributed by atoms with Gasteiger partial charge in [0, 0.05) is 47.1 Å². The molecular formula is C32H39Cl2IN2O7. The zero-order chi connectivity index (χ0) is 32.2. The highest BCUT2D eigenvalue weighted by Crippen LogP contribution is 2.37. The van der Waals surface area contributed by atoms with E-state index in [1.807, 2.05) is 22.6 Å². The molecule has 2 aromatic carbocycles. The molecule has 0 saturated carbocycles. The number of amides is 2. The number of methoxy groups -OCH3 is 1. The maximum Gasteiger partial charge on any atom is 0.247 e. The van der Waals surface area contributed by atoms with Crippen molar-refractivity contribution in [1.29, 1.82) is 0 Å². The van der Waals surface area contributed by atoms with Crippen molar-refractivity contribution in [2.24, 2.45) is 0 Å². The van der Waals surface area contributed by atoms with Crippen molar-refractivity contribution in [3.8, 4) is 11.5 Å². The first-order chi connectivity index (χ1) is 21.1. The van der Waals surface area contributed by atoms with Gasteiger partial charge in [-0.25, -0.2) is 0 Å². The van der Waals surface area contributed by atoms with Crippen LogP contribution in [0.2, 0.25) is 10.0 Å². The molecule has 0 unspecified atom stereocenters. The molecule has 2 aromatic rings. The van der Waals surface area contributed by atoms with E-state index in [4.69, 9.17) is 32.7 Å². The summed E-state index contributed by atoms with van der Waals surface area (Å²) in [5, 5.41) is 24.6. The standard InChI is InChI=1S/C32H39Cl2IN2O7/c1-3-4-5-6-7-8-29(40)37(18-21-9-10-23(33)17-24(21)34)26-15-22(32(42)36-11-12-38)16-27(30(26)41)44-31-25(35)13-20(19-39)14-28(31)43-2/h9-10,13-14,16-17,19,26-27,30,38,41H,3-8,11-12,15,18H2,1-2H3,(H,36,42)/t26-,27+,30+/m1/s1. The van der Waals surface area contributed by atoms with E-state index in [-0.39, 0.29) is 49.9 Å². The number of aliphatic hydroxyl groups is 2. The molecule has 0 aliphatic heterocycles. The monoisotopic (exact) mass is 760 g/mol. The molecule has 0 heterocycles. The van der Waals surface area contributed by atoms with E-state index in [2.05, 4.69) is 12.2 Å². The SMILES string of the molecule is CCCCCCCC(=O)N(Cc1ccc(Cl)cc1Cl)[C@@H]1CC(C(=O)NCCO)=C[C@H](Oc2c(I)cc(C=O)cc2OC)[C@H]1O. The van der Waals surface area contributed by atoms with Gasteiger partial charge in [-0.2, -0.15) is 0 Å². The number of ether oxygens (including phenoxy) is 2. The number of nitrogens with one attached hydrogen (secondary N) is 1. The number of aliphatic hydroxyl groups excluding tert-OH is 2. The maximum absolute atomic E-state index is 13.8. The lowest BCUT2D eigenvalue weighted by Crippen LogP contribution is -2.54. The fraction of sp³-hybridized carbons (Fsp3) is 0.469. The second kappa shape index (κ2) is 17.9. The number of benzene rings is 2. The molecule has 2 amide bonds. The smallest absolute Gasteiger partial charge is 0.247 e.